The summed E-state index contributed by atoms with van der Waals surface area (Å²) in [7, 11) is -3.65. The van der Waals surface area contributed by atoms with Crippen molar-refractivity contribution < 1.29 is 12.8 Å². The molecule has 0 saturated carbocycles. The number of benzene rings is 1. The molecular formula is C12H16BrFN2O2S2. The highest BCUT2D eigenvalue weighted by Gasteiger charge is 2.31. The molecule has 0 aliphatic carbocycles. The lowest BCUT2D eigenvalue weighted by Gasteiger charge is -2.31. The van der Waals surface area contributed by atoms with E-state index < -0.39 is 15.8 Å². The second kappa shape index (κ2) is 6.21. The Morgan fingerprint density at radius 1 is 1.55 bits per heavy atom. The number of hydrogen-bond acceptors (Lipinski definition) is 4. The zero-order valence-corrected chi connectivity index (χ0v) is 14.2. The van der Waals surface area contributed by atoms with Crippen molar-refractivity contribution in [3.8, 4) is 0 Å². The number of nitrogens with two attached hydrogens (primary N) is 1. The molecule has 2 N–H and O–H groups in total. The smallest absolute Gasteiger partial charge is 0.244 e. The first-order valence-corrected chi connectivity index (χ1v) is 9.50. The van der Waals surface area contributed by atoms with Gasteiger partial charge in [0.15, 0.2) is 0 Å². The van der Waals surface area contributed by atoms with E-state index in [0.717, 1.165) is 18.2 Å². The van der Waals surface area contributed by atoms with Crippen LogP contribution in [0.5, 0.6) is 0 Å². The largest absolute Gasteiger partial charge is 0.396 e. The normalized spacial score (nSPS) is 21.1. The van der Waals surface area contributed by atoms with E-state index in [1.807, 2.05) is 6.92 Å². The van der Waals surface area contributed by atoms with Crippen LogP contribution >= 0.6 is 27.7 Å². The summed E-state index contributed by atoms with van der Waals surface area (Å²) in [5.41, 5.74) is 5.32. The molecule has 0 amide bonds. The van der Waals surface area contributed by atoms with Crippen molar-refractivity contribution in [2.75, 3.05) is 24.6 Å². The van der Waals surface area contributed by atoms with Crippen LogP contribution in [0.1, 0.15) is 13.3 Å². The number of nitrogens with zero attached hydrogens (tertiary/aromatic N) is 1. The molecule has 1 aromatic rings. The molecule has 8 heteroatoms. The highest BCUT2D eigenvalue weighted by Crippen LogP contribution is 2.32. The fourth-order valence-corrected chi connectivity index (χ4v) is 5.93. The monoisotopic (exact) mass is 382 g/mol. The summed E-state index contributed by atoms with van der Waals surface area (Å²) in [5, 5.41) is 0.301. The van der Waals surface area contributed by atoms with Crippen molar-refractivity contribution in [3.05, 3.63) is 22.4 Å². The van der Waals surface area contributed by atoms with Crippen molar-refractivity contribution in [1.82, 2.24) is 4.31 Å². The summed E-state index contributed by atoms with van der Waals surface area (Å²) in [6, 6.07) is 2.27. The van der Waals surface area contributed by atoms with Crippen molar-refractivity contribution in [2.45, 2.75) is 23.5 Å². The van der Waals surface area contributed by atoms with Crippen LogP contribution in [0.15, 0.2) is 21.5 Å². The molecule has 1 saturated heterocycles. The molecule has 112 valence electrons. The Morgan fingerprint density at radius 2 is 2.25 bits per heavy atom. The molecule has 0 bridgehead atoms. The molecule has 0 radical (unpaired) electrons. The Bertz CT molecular complexity index is 610. The molecule has 1 unspecified atom stereocenters. The predicted octanol–water partition coefficient (Wildman–Crippen LogP) is 2.69. The first-order chi connectivity index (χ1) is 9.36. The van der Waals surface area contributed by atoms with Crippen LogP contribution in [0.4, 0.5) is 10.1 Å². The van der Waals surface area contributed by atoms with E-state index in [2.05, 4.69) is 15.9 Å². The van der Waals surface area contributed by atoms with Gasteiger partial charge < -0.3 is 5.73 Å². The Labute approximate surface area is 131 Å². The van der Waals surface area contributed by atoms with Crippen LogP contribution in [-0.4, -0.2) is 36.8 Å². The maximum Gasteiger partial charge on any atom is 0.244 e. The third-order valence-corrected chi connectivity index (χ3v) is 7.42. The van der Waals surface area contributed by atoms with E-state index in [4.69, 9.17) is 5.73 Å². The average molecular weight is 383 g/mol. The molecule has 1 aromatic carbocycles. The molecule has 0 spiro atoms. The van der Waals surface area contributed by atoms with Gasteiger partial charge >= 0.3 is 0 Å². The first-order valence-electron chi connectivity index (χ1n) is 6.22. The van der Waals surface area contributed by atoms with Gasteiger partial charge in [-0.3, -0.25) is 0 Å². The summed E-state index contributed by atoms with van der Waals surface area (Å²) in [6.07, 6.45) is 0.920. The van der Waals surface area contributed by atoms with E-state index in [0.29, 0.717) is 18.3 Å². The lowest BCUT2D eigenvalue weighted by Crippen LogP contribution is -2.41. The third kappa shape index (κ3) is 3.13. The molecule has 1 fully saturated rings. The molecule has 1 aliphatic heterocycles. The SMILES string of the molecule is CCC1CN(S(=O)(=O)c2cc(N)c(F)cc2Br)CCS1. The molecule has 2 rings (SSSR count). The summed E-state index contributed by atoms with van der Waals surface area (Å²) < 4.78 is 40.3. The number of thioether (sulfide) groups is 1. The standard InChI is InChI=1S/C12H16BrFN2O2S2/c1-2-8-7-16(3-4-19-8)20(17,18)12-6-11(15)10(14)5-9(12)13/h5-6,8H,2-4,7,15H2,1H3. The van der Waals surface area contributed by atoms with Gasteiger partial charge in [-0.15, -0.1) is 0 Å². The van der Waals surface area contributed by atoms with Gasteiger partial charge in [0.25, 0.3) is 0 Å². The minimum Gasteiger partial charge on any atom is -0.396 e. The van der Waals surface area contributed by atoms with Crippen molar-refractivity contribution in [2.24, 2.45) is 0 Å². The number of anilines is 1. The van der Waals surface area contributed by atoms with Crippen LogP contribution in [-0.2, 0) is 10.0 Å². The van der Waals surface area contributed by atoms with Crippen molar-refractivity contribution >= 4 is 43.4 Å². The van der Waals surface area contributed by atoms with Gasteiger partial charge in [-0.05, 0) is 34.5 Å². The molecule has 1 atom stereocenters. The van der Waals surface area contributed by atoms with E-state index >= 15 is 0 Å². The number of rotatable bonds is 3. The Hall–Kier alpha value is -0.310. The lowest BCUT2D eigenvalue weighted by atomic mass is 10.3. The molecule has 4 nitrogen and oxygen atoms in total. The maximum atomic E-state index is 13.3. The van der Waals surface area contributed by atoms with E-state index in [1.165, 1.54) is 10.4 Å². The van der Waals surface area contributed by atoms with E-state index in [-0.39, 0.29) is 15.1 Å². The van der Waals surface area contributed by atoms with Gasteiger partial charge in [-0.1, -0.05) is 6.92 Å². The van der Waals surface area contributed by atoms with Crippen LogP contribution < -0.4 is 5.73 Å². The van der Waals surface area contributed by atoms with Gasteiger partial charge in [-0.25, -0.2) is 12.8 Å². The fourth-order valence-electron chi connectivity index (χ4n) is 2.04. The number of nitrogen functional groups attached to an aromatic ring is 1. The Kier molecular flexibility index (Phi) is 4.99. The van der Waals surface area contributed by atoms with Gasteiger partial charge in [0.2, 0.25) is 10.0 Å². The molecular weight excluding hydrogens is 367 g/mol. The Balaban J connectivity index is 2.37. The van der Waals surface area contributed by atoms with Crippen LogP contribution in [0.2, 0.25) is 0 Å². The lowest BCUT2D eigenvalue weighted by molar-refractivity contribution is 0.415. The molecule has 0 aromatic heterocycles. The van der Waals surface area contributed by atoms with Crippen LogP contribution in [0.3, 0.4) is 0 Å². The van der Waals surface area contributed by atoms with Crippen molar-refractivity contribution in [3.63, 3.8) is 0 Å². The minimum absolute atomic E-state index is 0.0261. The summed E-state index contributed by atoms with van der Waals surface area (Å²) in [4.78, 5) is 0.0261. The quantitative estimate of drug-likeness (QED) is 0.816. The Morgan fingerprint density at radius 3 is 2.90 bits per heavy atom. The second-order valence-corrected chi connectivity index (χ2v) is 8.74. The number of sulfonamides is 1. The van der Waals surface area contributed by atoms with Crippen LogP contribution in [0.25, 0.3) is 0 Å². The highest BCUT2D eigenvalue weighted by molar-refractivity contribution is 9.10. The zero-order valence-electron chi connectivity index (χ0n) is 11.0. The predicted molar refractivity (Wildman–Crippen MR) is 83.8 cm³/mol. The fraction of sp³-hybridized carbons (Fsp3) is 0.500. The summed E-state index contributed by atoms with van der Waals surface area (Å²) >= 11 is 4.89. The second-order valence-electron chi connectivity index (χ2n) is 4.57. The van der Waals surface area contributed by atoms with Crippen LogP contribution in [0, 0.1) is 5.82 Å². The van der Waals surface area contributed by atoms with E-state index in [1.54, 1.807) is 11.8 Å². The molecule has 1 heterocycles. The maximum absolute atomic E-state index is 13.3. The third-order valence-electron chi connectivity index (χ3n) is 3.23. The summed E-state index contributed by atoms with van der Waals surface area (Å²) in [6.45, 7) is 2.99. The zero-order chi connectivity index (χ0) is 14.9. The topological polar surface area (TPSA) is 63.4 Å². The number of halogens is 2. The van der Waals surface area contributed by atoms with Gasteiger partial charge in [-0.2, -0.15) is 16.1 Å². The minimum atomic E-state index is -3.65. The number of hydrogen-bond donors (Lipinski definition) is 1. The van der Waals surface area contributed by atoms with Gasteiger partial charge in [0, 0.05) is 28.6 Å². The highest BCUT2D eigenvalue weighted by atomic mass is 79.9. The van der Waals surface area contributed by atoms with Crippen molar-refractivity contribution in [1.29, 1.82) is 0 Å². The average Bonchev–Trinajstić information content (AvgIpc) is 2.42. The van der Waals surface area contributed by atoms with Gasteiger partial charge in [0.1, 0.15) is 5.82 Å². The molecule has 20 heavy (non-hydrogen) atoms. The van der Waals surface area contributed by atoms with E-state index in [9.17, 15) is 12.8 Å². The first kappa shape index (κ1) is 16.1. The molecule has 1 aliphatic rings. The summed E-state index contributed by atoms with van der Waals surface area (Å²) in [5.74, 6) is 0.142. The van der Waals surface area contributed by atoms with Gasteiger partial charge in [0.05, 0.1) is 10.6 Å².